The topological polar surface area (TPSA) is 49.6 Å². The molecule has 4 nitrogen and oxygen atoms in total. The molecule has 2 N–H and O–H groups in total. The van der Waals surface area contributed by atoms with Gasteiger partial charge in [-0.15, -0.1) is 0 Å². The first-order valence-corrected chi connectivity index (χ1v) is 8.18. The van der Waals surface area contributed by atoms with Gasteiger partial charge in [0, 0.05) is 32.1 Å². The van der Waals surface area contributed by atoms with Crippen molar-refractivity contribution < 1.29 is 4.79 Å². The van der Waals surface area contributed by atoms with Crippen LogP contribution in [-0.2, 0) is 4.79 Å². The summed E-state index contributed by atoms with van der Waals surface area (Å²) < 4.78 is 0. The van der Waals surface area contributed by atoms with Gasteiger partial charge >= 0.3 is 0 Å². The third kappa shape index (κ3) is 2.48. The Morgan fingerprint density at radius 1 is 1.10 bits per heavy atom. The lowest BCUT2D eigenvalue weighted by molar-refractivity contribution is -0.136. The van der Waals surface area contributed by atoms with Gasteiger partial charge in [-0.3, -0.25) is 9.69 Å². The standard InChI is InChI=1S/C16H29N3OS/c1-14(2)11(15(14,3)4)12(20)18-7-9-19(10-8-18)16(5,6)13(17)21/h11H,7-10H2,1-6H3,(H2,17,21). The Hall–Kier alpha value is -0.680. The van der Waals surface area contributed by atoms with Crippen LogP contribution in [0.3, 0.4) is 0 Å². The molecular weight excluding hydrogens is 282 g/mol. The van der Waals surface area contributed by atoms with Gasteiger partial charge in [-0.25, -0.2) is 0 Å². The molecule has 0 spiro atoms. The van der Waals surface area contributed by atoms with Gasteiger partial charge in [-0.05, 0) is 24.7 Å². The summed E-state index contributed by atoms with van der Waals surface area (Å²) in [5, 5.41) is 0. The van der Waals surface area contributed by atoms with Gasteiger partial charge in [-0.1, -0.05) is 39.9 Å². The predicted octanol–water partition coefficient (Wildman–Crippen LogP) is 1.88. The Morgan fingerprint density at radius 2 is 1.52 bits per heavy atom. The van der Waals surface area contributed by atoms with Crippen LogP contribution in [0.2, 0.25) is 0 Å². The molecule has 120 valence electrons. The molecule has 1 aliphatic carbocycles. The Labute approximate surface area is 134 Å². The summed E-state index contributed by atoms with van der Waals surface area (Å²) in [4.78, 5) is 17.6. The molecule has 1 saturated carbocycles. The highest BCUT2D eigenvalue weighted by Crippen LogP contribution is 2.68. The van der Waals surface area contributed by atoms with Gasteiger partial charge in [0.25, 0.3) is 0 Å². The molecule has 2 aliphatic rings. The quantitative estimate of drug-likeness (QED) is 0.809. The number of amides is 1. The second kappa shape index (κ2) is 4.92. The molecule has 0 radical (unpaired) electrons. The van der Waals surface area contributed by atoms with Crippen LogP contribution in [0.5, 0.6) is 0 Å². The first kappa shape index (κ1) is 16.7. The summed E-state index contributed by atoms with van der Waals surface area (Å²) in [6, 6.07) is 0. The lowest BCUT2D eigenvalue weighted by atomic mass is 10.0. The summed E-state index contributed by atoms with van der Waals surface area (Å²) in [6.07, 6.45) is 0. The van der Waals surface area contributed by atoms with Crippen molar-refractivity contribution in [3.63, 3.8) is 0 Å². The molecule has 0 aromatic rings. The van der Waals surface area contributed by atoms with Crippen LogP contribution in [0, 0.1) is 16.7 Å². The average molecular weight is 311 g/mol. The highest BCUT2D eigenvalue weighted by molar-refractivity contribution is 7.80. The minimum absolute atomic E-state index is 0.110. The summed E-state index contributed by atoms with van der Waals surface area (Å²) in [5.74, 6) is 0.470. The number of hydrogen-bond donors (Lipinski definition) is 1. The lowest BCUT2D eigenvalue weighted by Gasteiger charge is -2.43. The average Bonchev–Trinajstić information content (AvgIpc) is 2.79. The van der Waals surface area contributed by atoms with Crippen molar-refractivity contribution in [2.45, 2.75) is 47.1 Å². The normalized spacial score (nSPS) is 25.7. The number of hydrogen-bond acceptors (Lipinski definition) is 3. The second-order valence-corrected chi connectivity index (χ2v) is 8.55. The van der Waals surface area contributed by atoms with E-state index in [4.69, 9.17) is 18.0 Å². The van der Waals surface area contributed by atoms with Crippen molar-refractivity contribution in [1.29, 1.82) is 0 Å². The van der Waals surface area contributed by atoms with Crippen molar-refractivity contribution >= 4 is 23.1 Å². The molecule has 0 bridgehead atoms. The number of piperazine rings is 1. The minimum atomic E-state index is -0.275. The molecule has 5 heteroatoms. The van der Waals surface area contributed by atoms with Gasteiger partial charge in [0.1, 0.15) is 0 Å². The van der Waals surface area contributed by atoms with Crippen molar-refractivity contribution in [3.05, 3.63) is 0 Å². The van der Waals surface area contributed by atoms with E-state index in [0.717, 1.165) is 26.2 Å². The van der Waals surface area contributed by atoms with Crippen molar-refractivity contribution in [3.8, 4) is 0 Å². The van der Waals surface area contributed by atoms with Crippen molar-refractivity contribution in [2.75, 3.05) is 26.2 Å². The number of carbonyl (C=O) groups is 1. The highest BCUT2D eigenvalue weighted by Gasteiger charge is 2.68. The minimum Gasteiger partial charge on any atom is -0.392 e. The van der Waals surface area contributed by atoms with E-state index < -0.39 is 0 Å². The maximum absolute atomic E-state index is 12.7. The summed E-state index contributed by atoms with van der Waals surface area (Å²) in [5.41, 5.74) is 5.78. The lowest BCUT2D eigenvalue weighted by Crippen LogP contribution is -2.60. The van der Waals surface area contributed by atoms with Crippen LogP contribution in [0.25, 0.3) is 0 Å². The smallest absolute Gasteiger partial charge is 0.226 e. The van der Waals surface area contributed by atoms with Crippen LogP contribution >= 0.6 is 12.2 Å². The fourth-order valence-electron chi connectivity index (χ4n) is 3.64. The first-order valence-electron chi connectivity index (χ1n) is 7.78. The van der Waals surface area contributed by atoms with E-state index in [0.29, 0.717) is 10.9 Å². The maximum Gasteiger partial charge on any atom is 0.226 e. The summed E-state index contributed by atoms with van der Waals surface area (Å²) >= 11 is 5.16. The fraction of sp³-hybridized carbons (Fsp3) is 0.875. The van der Waals surface area contributed by atoms with E-state index in [-0.39, 0.29) is 22.3 Å². The van der Waals surface area contributed by atoms with E-state index in [1.807, 2.05) is 4.90 Å². The summed E-state index contributed by atoms with van der Waals surface area (Å²) in [7, 11) is 0. The van der Waals surface area contributed by atoms with Gasteiger partial charge in [-0.2, -0.15) is 0 Å². The van der Waals surface area contributed by atoms with Crippen LogP contribution in [0.4, 0.5) is 0 Å². The van der Waals surface area contributed by atoms with Gasteiger partial charge in [0.2, 0.25) is 5.91 Å². The van der Waals surface area contributed by atoms with Gasteiger partial charge in [0.15, 0.2) is 0 Å². The number of nitrogens with two attached hydrogens (primary N) is 1. The number of carbonyl (C=O) groups excluding carboxylic acids is 1. The maximum atomic E-state index is 12.7. The first-order chi connectivity index (χ1) is 9.44. The molecule has 0 atom stereocenters. The molecule has 1 amide bonds. The SMILES string of the molecule is CC(C)(C(N)=S)N1CCN(C(=O)C2C(C)(C)C2(C)C)CC1. The van der Waals surface area contributed by atoms with E-state index in [1.165, 1.54) is 0 Å². The Balaban J connectivity index is 1.97. The third-order valence-corrected chi connectivity index (χ3v) is 6.75. The molecule has 0 aromatic heterocycles. The molecule has 0 unspecified atom stereocenters. The largest absolute Gasteiger partial charge is 0.392 e. The van der Waals surface area contributed by atoms with Crippen LogP contribution in [-0.4, -0.2) is 52.4 Å². The molecule has 0 aromatic carbocycles. The van der Waals surface area contributed by atoms with Crippen LogP contribution in [0.15, 0.2) is 0 Å². The van der Waals surface area contributed by atoms with E-state index in [1.54, 1.807) is 0 Å². The van der Waals surface area contributed by atoms with E-state index in [9.17, 15) is 4.79 Å². The molecule has 2 fully saturated rings. The number of nitrogens with zero attached hydrogens (tertiary/aromatic N) is 2. The molecule has 2 rings (SSSR count). The van der Waals surface area contributed by atoms with Crippen LogP contribution < -0.4 is 5.73 Å². The molecule has 1 aliphatic heterocycles. The Bertz CT molecular complexity index is 448. The zero-order valence-electron chi connectivity index (χ0n) is 14.2. The summed E-state index contributed by atoms with van der Waals surface area (Å²) in [6.45, 7) is 16.1. The molecule has 1 heterocycles. The second-order valence-electron chi connectivity index (χ2n) is 8.11. The van der Waals surface area contributed by atoms with E-state index >= 15 is 0 Å². The van der Waals surface area contributed by atoms with E-state index in [2.05, 4.69) is 46.4 Å². The van der Waals surface area contributed by atoms with Crippen molar-refractivity contribution in [2.24, 2.45) is 22.5 Å². The zero-order chi connectivity index (χ0) is 16.2. The van der Waals surface area contributed by atoms with Crippen LogP contribution in [0.1, 0.15) is 41.5 Å². The molecule has 21 heavy (non-hydrogen) atoms. The number of thiocarbonyl (C=S) groups is 1. The Kier molecular flexibility index (Phi) is 3.91. The van der Waals surface area contributed by atoms with Gasteiger partial charge in [0.05, 0.1) is 10.5 Å². The molecular formula is C16H29N3OS. The third-order valence-electron chi connectivity index (χ3n) is 6.25. The zero-order valence-corrected chi connectivity index (χ0v) is 15.0. The Morgan fingerprint density at radius 3 is 1.86 bits per heavy atom. The molecule has 1 saturated heterocycles. The highest BCUT2D eigenvalue weighted by atomic mass is 32.1. The van der Waals surface area contributed by atoms with Gasteiger partial charge < -0.3 is 10.6 Å². The number of rotatable bonds is 3. The monoisotopic (exact) mass is 311 g/mol. The fourth-order valence-corrected chi connectivity index (χ4v) is 3.77. The predicted molar refractivity (Wildman–Crippen MR) is 90.1 cm³/mol. The van der Waals surface area contributed by atoms with Crippen molar-refractivity contribution in [1.82, 2.24) is 9.80 Å².